The van der Waals surface area contributed by atoms with E-state index in [4.69, 9.17) is 5.73 Å². The summed E-state index contributed by atoms with van der Waals surface area (Å²) in [5.74, 6) is 1.98. The van der Waals surface area contributed by atoms with E-state index in [0.29, 0.717) is 17.8 Å². The van der Waals surface area contributed by atoms with Crippen LogP contribution in [0.4, 0.5) is 11.6 Å². The predicted molar refractivity (Wildman–Crippen MR) is 66.1 cm³/mol. The van der Waals surface area contributed by atoms with Crippen molar-refractivity contribution in [3.05, 3.63) is 12.4 Å². The van der Waals surface area contributed by atoms with Crippen molar-refractivity contribution in [1.82, 2.24) is 9.97 Å². The van der Waals surface area contributed by atoms with E-state index in [1.807, 2.05) is 0 Å². The lowest BCUT2D eigenvalue weighted by molar-refractivity contribution is 0.455. The highest BCUT2D eigenvalue weighted by atomic mass is 15.1. The quantitative estimate of drug-likeness (QED) is 0.751. The summed E-state index contributed by atoms with van der Waals surface area (Å²) >= 11 is 0. The Balaban J connectivity index is 2.02. The highest BCUT2D eigenvalue weighted by Crippen LogP contribution is 2.25. The lowest BCUT2D eigenvalue weighted by Crippen LogP contribution is -2.26. The van der Waals surface area contributed by atoms with Crippen molar-refractivity contribution in [3.8, 4) is 0 Å². The third kappa shape index (κ3) is 2.84. The molecular formula is C12H20N4. The number of nitrogens with zero attached hydrogens (tertiary/aromatic N) is 2. The minimum Gasteiger partial charge on any atom is -0.382 e. The van der Waals surface area contributed by atoms with Crippen LogP contribution in [0.1, 0.15) is 39.0 Å². The van der Waals surface area contributed by atoms with Crippen LogP contribution >= 0.6 is 0 Å². The second kappa shape index (κ2) is 5.14. The molecule has 3 N–H and O–H groups in total. The first-order valence-electron chi connectivity index (χ1n) is 6.10. The fourth-order valence-corrected chi connectivity index (χ4v) is 2.35. The summed E-state index contributed by atoms with van der Waals surface area (Å²) in [5.41, 5.74) is 5.62. The molecule has 2 rings (SSSR count). The van der Waals surface area contributed by atoms with Gasteiger partial charge in [0.2, 0.25) is 0 Å². The molecule has 1 aliphatic carbocycles. The van der Waals surface area contributed by atoms with E-state index >= 15 is 0 Å². The molecular weight excluding hydrogens is 200 g/mol. The molecule has 1 heterocycles. The number of anilines is 2. The monoisotopic (exact) mass is 220 g/mol. The van der Waals surface area contributed by atoms with E-state index < -0.39 is 0 Å². The standard InChI is InChI=1S/C12H20N4/c1-9-5-3-2-4-6-10(9)15-12-8-14-7-11(13)16-12/h7-10H,2-6H2,1H3,(H3,13,15,16). The van der Waals surface area contributed by atoms with E-state index in [9.17, 15) is 0 Å². The van der Waals surface area contributed by atoms with Gasteiger partial charge in [0.05, 0.1) is 12.4 Å². The summed E-state index contributed by atoms with van der Waals surface area (Å²) in [4.78, 5) is 8.28. The molecule has 0 bridgehead atoms. The normalized spacial score (nSPS) is 26.1. The Kier molecular flexibility index (Phi) is 3.59. The van der Waals surface area contributed by atoms with Crippen molar-refractivity contribution < 1.29 is 0 Å². The highest BCUT2D eigenvalue weighted by Gasteiger charge is 2.19. The van der Waals surface area contributed by atoms with Gasteiger partial charge in [0.15, 0.2) is 0 Å². The molecule has 16 heavy (non-hydrogen) atoms. The van der Waals surface area contributed by atoms with Crippen LogP contribution < -0.4 is 11.1 Å². The van der Waals surface area contributed by atoms with E-state index in [2.05, 4.69) is 22.2 Å². The van der Waals surface area contributed by atoms with Gasteiger partial charge in [0, 0.05) is 6.04 Å². The predicted octanol–water partition coefficient (Wildman–Crippen LogP) is 2.44. The molecule has 0 amide bonds. The molecule has 2 unspecified atom stereocenters. The molecule has 1 aromatic heterocycles. The molecule has 1 aliphatic rings. The number of hydrogen-bond acceptors (Lipinski definition) is 4. The fourth-order valence-electron chi connectivity index (χ4n) is 2.35. The Labute approximate surface area is 96.7 Å². The number of nitrogens with two attached hydrogens (primary N) is 1. The summed E-state index contributed by atoms with van der Waals surface area (Å²) in [6, 6.07) is 0.513. The molecule has 0 spiro atoms. The molecule has 4 nitrogen and oxygen atoms in total. The Bertz CT molecular complexity index is 340. The maximum absolute atomic E-state index is 5.62. The number of hydrogen-bond donors (Lipinski definition) is 2. The average Bonchev–Trinajstić information content (AvgIpc) is 2.45. The third-order valence-electron chi connectivity index (χ3n) is 3.35. The smallest absolute Gasteiger partial charge is 0.147 e. The number of nitrogen functional groups attached to an aromatic ring is 1. The minimum atomic E-state index is 0.478. The summed E-state index contributed by atoms with van der Waals surface area (Å²) in [6.07, 6.45) is 9.84. The van der Waals surface area contributed by atoms with Crippen LogP contribution in [0.15, 0.2) is 12.4 Å². The van der Waals surface area contributed by atoms with Gasteiger partial charge in [-0.15, -0.1) is 0 Å². The Morgan fingerprint density at radius 1 is 1.25 bits per heavy atom. The molecule has 4 heteroatoms. The van der Waals surface area contributed by atoms with Crippen LogP contribution in [0, 0.1) is 5.92 Å². The van der Waals surface area contributed by atoms with E-state index in [1.165, 1.54) is 32.1 Å². The molecule has 88 valence electrons. The van der Waals surface area contributed by atoms with Crippen molar-refractivity contribution >= 4 is 11.6 Å². The van der Waals surface area contributed by atoms with Gasteiger partial charge >= 0.3 is 0 Å². The minimum absolute atomic E-state index is 0.478. The van der Waals surface area contributed by atoms with Crippen LogP contribution in [0.3, 0.4) is 0 Å². The largest absolute Gasteiger partial charge is 0.382 e. The topological polar surface area (TPSA) is 63.8 Å². The van der Waals surface area contributed by atoms with E-state index in [0.717, 1.165) is 5.82 Å². The highest BCUT2D eigenvalue weighted by molar-refractivity contribution is 5.39. The van der Waals surface area contributed by atoms with Gasteiger partial charge in [-0.05, 0) is 18.8 Å². The van der Waals surface area contributed by atoms with Crippen molar-refractivity contribution in [2.24, 2.45) is 5.92 Å². The second-order valence-corrected chi connectivity index (χ2v) is 4.70. The molecule has 1 aromatic rings. The van der Waals surface area contributed by atoms with Gasteiger partial charge in [-0.2, -0.15) is 0 Å². The SMILES string of the molecule is CC1CCCCCC1Nc1cncc(N)n1. The second-order valence-electron chi connectivity index (χ2n) is 4.70. The zero-order valence-corrected chi connectivity index (χ0v) is 9.82. The number of rotatable bonds is 2. The van der Waals surface area contributed by atoms with Crippen LogP contribution in [0.2, 0.25) is 0 Å². The molecule has 0 saturated heterocycles. The molecule has 1 fully saturated rings. The van der Waals surface area contributed by atoms with Crippen molar-refractivity contribution in [2.75, 3.05) is 11.1 Å². The zero-order chi connectivity index (χ0) is 11.4. The number of nitrogens with one attached hydrogen (secondary N) is 1. The maximum Gasteiger partial charge on any atom is 0.147 e. The maximum atomic E-state index is 5.62. The molecule has 0 radical (unpaired) electrons. The number of aromatic nitrogens is 2. The summed E-state index contributed by atoms with van der Waals surface area (Å²) in [7, 11) is 0. The van der Waals surface area contributed by atoms with Crippen LogP contribution in [-0.2, 0) is 0 Å². The van der Waals surface area contributed by atoms with Gasteiger partial charge < -0.3 is 11.1 Å². The summed E-state index contributed by atoms with van der Waals surface area (Å²) in [5, 5.41) is 3.46. The lowest BCUT2D eigenvalue weighted by atomic mass is 9.97. The van der Waals surface area contributed by atoms with Gasteiger partial charge in [-0.25, -0.2) is 4.98 Å². The first kappa shape index (κ1) is 11.2. The van der Waals surface area contributed by atoms with Crippen LogP contribution in [0.5, 0.6) is 0 Å². The van der Waals surface area contributed by atoms with Crippen molar-refractivity contribution in [1.29, 1.82) is 0 Å². The van der Waals surface area contributed by atoms with Crippen molar-refractivity contribution in [3.63, 3.8) is 0 Å². The summed E-state index contributed by atoms with van der Waals surface area (Å²) < 4.78 is 0. The fraction of sp³-hybridized carbons (Fsp3) is 0.667. The van der Waals surface area contributed by atoms with Gasteiger partial charge in [-0.1, -0.05) is 26.2 Å². The third-order valence-corrected chi connectivity index (χ3v) is 3.35. The van der Waals surface area contributed by atoms with Gasteiger partial charge in [-0.3, -0.25) is 4.98 Å². The Hall–Kier alpha value is -1.32. The first-order valence-corrected chi connectivity index (χ1v) is 6.10. The van der Waals surface area contributed by atoms with Gasteiger partial charge in [0.25, 0.3) is 0 Å². The first-order chi connectivity index (χ1) is 7.75. The van der Waals surface area contributed by atoms with Crippen LogP contribution in [0.25, 0.3) is 0 Å². The Morgan fingerprint density at radius 2 is 2.06 bits per heavy atom. The molecule has 0 aliphatic heterocycles. The van der Waals surface area contributed by atoms with Crippen molar-refractivity contribution in [2.45, 2.75) is 45.1 Å². The summed E-state index contributed by atoms with van der Waals surface area (Å²) in [6.45, 7) is 2.31. The van der Waals surface area contributed by atoms with Gasteiger partial charge in [0.1, 0.15) is 11.6 Å². The molecule has 2 atom stereocenters. The zero-order valence-electron chi connectivity index (χ0n) is 9.82. The van der Waals surface area contributed by atoms with E-state index in [1.54, 1.807) is 12.4 Å². The molecule has 1 saturated carbocycles. The molecule has 0 aromatic carbocycles. The average molecular weight is 220 g/mol. The van der Waals surface area contributed by atoms with Crippen LogP contribution in [-0.4, -0.2) is 16.0 Å². The lowest BCUT2D eigenvalue weighted by Gasteiger charge is -2.23. The Morgan fingerprint density at radius 3 is 2.88 bits per heavy atom. The van der Waals surface area contributed by atoms with E-state index in [-0.39, 0.29) is 0 Å².